The smallest absolute Gasteiger partial charge is 0.416 e. The molecule has 128 valence electrons. The van der Waals surface area contributed by atoms with Gasteiger partial charge in [-0.1, -0.05) is 18.2 Å². The van der Waals surface area contributed by atoms with E-state index in [0.717, 1.165) is 12.1 Å². The number of alkyl halides is 3. The molecule has 0 aliphatic rings. The van der Waals surface area contributed by atoms with Gasteiger partial charge in [0.05, 0.1) is 12.0 Å². The first kappa shape index (κ1) is 16.7. The summed E-state index contributed by atoms with van der Waals surface area (Å²) in [5.41, 5.74) is 0.0687. The number of rotatable bonds is 4. The highest BCUT2D eigenvalue weighted by Crippen LogP contribution is 2.29. The quantitative estimate of drug-likeness (QED) is 0.528. The van der Waals surface area contributed by atoms with Gasteiger partial charge in [-0.25, -0.2) is 0 Å². The molecule has 0 unspecified atom stereocenters. The van der Waals surface area contributed by atoms with Crippen molar-refractivity contribution < 1.29 is 27.1 Å². The third kappa shape index (κ3) is 4.23. The van der Waals surface area contributed by atoms with Crippen molar-refractivity contribution in [3.05, 3.63) is 66.1 Å². The Bertz CT molecular complexity index is 860. The lowest BCUT2D eigenvalue weighted by Gasteiger charge is -2.09. The first-order valence-corrected chi connectivity index (χ1v) is 7.15. The van der Waals surface area contributed by atoms with Crippen LogP contribution in [-0.2, 0) is 17.4 Å². The van der Waals surface area contributed by atoms with E-state index in [-0.39, 0.29) is 17.7 Å². The largest absolute Gasteiger partial charge is 0.426 e. The van der Waals surface area contributed by atoms with E-state index in [1.54, 1.807) is 12.1 Å². The molecule has 25 heavy (non-hydrogen) atoms. The van der Waals surface area contributed by atoms with E-state index < -0.39 is 17.7 Å². The Kier molecular flexibility index (Phi) is 4.51. The van der Waals surface area contributed by atoms with Gasteiger partial charge in [-0.3, -0.25) is 4.79 Å². The molecule has 0 aliphatic carbocycles. The van der Waals surface area contributed by atoms with E-state index in [1.165, 1.54) is 30.7 Å². The van der Waals surface area contributed by atoms with Crippen molar-refractivity contribution in [1.82, 2.24) is 10.2 Å². The Morgan fingerprint density at radius 3 is 2.52 bits per heavy atom. The molecule has 0 amide bonds. The lowest BCUT2D eigenvalue weighted by molar-refractivity contribution is -0.138. The fraction of sp³-hybridized carbons (Fsp3) is 0.118. The van der Waals surface area contributed by atoms with Crippen LogP contribution in [0.4, 0.5) is 13.2 Å². The van der Waals surface area contributed by atoms with Gasteiger partial charge in [0.15, 0.2) is 0 Å². The minimum Gasteiger partial charge on any atom is -0.426 e. The number of esters is 1. The number of nitrogens with zero attached hydrogens (tertiary/aromatic N) is 2. The highest BCUT2D eigenvalue weighted by molar-refractivity contribution is 5.75. The first-order chi connectivity index (χ1) is 11.9. The van der Waals surface area contributed by atoms with E-state index in [9.17, 15) is 18.0 Å². The Hall–Kier alpha value is -3.16. The highest BCUT2D eigenvalue weighted by atomic mass is 19.4. The van der Waals surface area contributed by atoms with Gasteiger partial charge in [0.25, 0.3) is 0 Å². The maximum Gasteiger partial charge on any atom is 0.416 e. The van der Waals surface area contributed by atoms with Gasteiger partial charge < -0.3 is 9.15 Å². The molecule has 8 heteroatoms. The fourth-order valence-electron chi connectivity index (χ4n) is 2.16. The normalized spacial score (nSPS) is 11.3. The molecule has 3 rings (SSSR count). The maximum absolute atomic E-state index is 12.7. The van der Waals surface area contributed by atoms with Crippen LogP contribution in [0.5, 0.6) is 5.75 Å². The molecule has 1 heterocycles. The predicted molar refractivity (Wildman–Crippen MR) is 80.5 cm³/mol. The van der Waals surface area contributed by atoms with Gasteiger partial charge in [0.2, 0.25) is 12.3 Å². The van der Waals surface area contributed by atoms with Crippen LogP contribution in [0.2, 0.25) is 0 Å². The summed E-state index contributed by atoms with van der Waals surface area (Å²) in [6.07, 6.45) is -3.53. The Morgan fingerprint density at radius 1 is 1.12 bits per heavy atom. The maximum atomic E-state index is 12.7. The standard InChI is InChI=1S/C17H11F3N2O3/c18-17(19,20)13-3-1-2-11(8-13)9-15(23)25-14-6-4-12(5-7-14)16-22-21-10-24-16/h1-8,10H,9H2. The predicted octanol–water partition coefficient (Wildman–Crippen LogP) is 3.90. The molecule has 0 N–H and O–H groups in total. The summed E-state index contributed by atoms with van der Waals surface area (Å²) in [4.78, 5) is 11.9. The zero-order chi connectivity index (χ0) is 17.9. The van der Waals surface area contributed by atoms with Crippen LogP contribution in [0, 0.1) is 0 Å². The summed E-state index contributed by atoms with van der Waals surface area (Å²) in [6.45, 7) is 0. The Morgan fingerprint density at radius 2 is 1.88 bits per heavy atom. The van der Waals surface area contributed by atoms with Crippen molar-refractivity contribution in [3.8, 4) is 17.2 Å². The number of carbonyl (C=O) groups excluding carboxylic acids is 1. The van der Waals surface area contributed by atoms with Crippen LogP contribution in [0.3, 0.4) is 0 Å². The van der Waals surface area contributed by atoms with Crippen LogP contribution in [0.15, 0.2) is 59.3 Å². The summed E-state index contributed by atoms with van der Waals surface area (Å²) in [5.74, 6) is -0.0769. The van der Waals surface area contributed by atoms with E-state index >= 15 is 0 Å². The molecule has 0 bridgehead atoms. The van der Waals surface area contributed by atoms with Crippen LogP contribution >= 0.6 is 0 Å². The Labute approximate surface area is 140 Å². The minimum absolute atomic E-state index is 0.224. The molecule has 1 aromatic heterocycles. The molecule has 0 fully saturated rings. The number of aromatic nitrogens is 2. The average Bonchev–Trinajstić information content (AvgIpc) is 3.09. The van der Waals surface area contributed by atoms with Crippen molar-refractivity contribution in [2.45, 2.75) is 12.6 Å². The molecule has 0 radical (unpaired) electrons. The molecule has 0 atom stereocenters. The number of hydrogen-bond acceptors (Lipinski definition) is 5. The van der Waals surface area contributed by atoms with Gasteiger partial charge in [0.1, 0.15) is 5.75 Å². The molecule has 0 aliphatic heterocycles. The van der Waals surface area contributed by atoms with Crippen LogP contribution < -0.4 is 4.74 Å². The molecule has 0 saturated heterocycles. The SMILES string of the molecule is O=C(Cc1cccc(C(F)(F)F)c1)Oc1ccc(-c2nnco2)cc1. The summed E-state index contributed by atoms with van der Waals surface area (Å²) in [6, 6.07) is 10.9. The fourth-order valence-corrected chi connectivity index (χ4v) is 2.16. The van der Waals surface area contributed by atoms with Gasteiger partial charge >= 0.3 is 12.1 Å². The monoisotopic (exact) mass is 348 g/mol. The summed E-state index contributed by atoms with van der Waals surface area (Å²) in [7, 11) is 0. The van der Waals surface area contributed by atoms with E-state index in [1.807, 2.05) is 0 Å². The van der Waals surface area contributed by atoms with Gasteiger partial charge in [0, 0.05) is 5.56 Å². The van der Waals surface area contributed by atoms with Crippen molar-refractivity contribution in [3.63, 3.8) is 0 Å². The second kappa shape index (κ2) is 6.76. The zero-order valence-corrected chi connectivity index (χ0v) is 12.7. The molecule has 5 nitrogen and oxygen atoms in total. The summed E-state index contributed by atoms with van der Waals surface area (Å²) < 4.78 is 48.2. The molecule has 3 aromatic rings. The van der Waals surface area contributed by atoms with Crippen molar-refractivity contribution in [1.29, 1.82) is 0 Å². The van der Waals surface area contributed by atoms with Crippen molar-refractivity contribution >= 4 is 5.97 Å². The number of benzene rings is 2. The summed E-state index contributed by atoms with van der Waals surface area (Å²) in [5, 5.41) is 7.30. The topological polar surface area (TPSA) is 65.2 Å². The lowest BCUT2D eigenvalue weighted by atomic mass is 10.1. The molecular formula is C17H11F3N2O3. The van der Waals surface area contributed by atoms with E-state index in [0.29, 0.717) is 11.5 Å². The van der Waals surface area contributed by atoms with Gasteiger partial charge in [-0.2, -0.15) is 13.2 Å². The van der Waals surface area contributed by atoms with Crippen LogP contribution in [0.25, 0.3) is 11.5 Å². The van der Waals surface area contributed by atoms with Crippen molar-refractivity contribution in [2.75, 3.05) is 0 Å². The second-order valence-corrected chi connectivity index (χ2v) is 5.12. The molecule has 0 saturated carbocycles. The van der Waals surface area contributed by atoms with E-state index in [4.69, 9.17) is 9.15 Å². The van der Waals surface area contributed by atoms with Crippen molar-refractivity contribution in [2.24, 2.45) is 0 Å². The average molecular weight is 348 g/mol. The Balaban J connectivity index is 1.65. The number of hydrogen-bond donors (Lipinski definition) is 0. The number of ether oxygens (including phenoxy) is 1. The highest BCUT2D eigenvalue weighted by Gasteiger charge is 2.30. The second-order valence-electron chi connectivity index (χ2n) is 5.12. The van der Waals surface area contributed by atoms with Gasteiger partial charge in [-0.15, -0.1) is 10.2 Å². The molecule has 0 spiro atoms. The minimum atomic E-state index is -4.45. The van der Waals surface area contributed by atoms with Gasteiger partial charge in [-0.05, 0) is 35.9 Å². The lowest BCUT2D eigenvalue weighted by Crippen LogP contribution is -2.12. The number of carbonyl (C=O) groups is 1. The third-order valence-electron chi connectivity index (χ3n) is 3.30. The number of halogens is 3. The zero-order valence-electron chi connectivity index (χ0n) is 12.7. The van der Waals surface area contributed by atoms with Crippen LogP contribution in [-0.4, -0.2) is 16.2 Å². The molecular weight excluding hydrogens is 337 g/mol. The molecule has 2 aromatic carbocycles. The third-order valence-corrected chi connectivity index (χ3v) is 3.30. The summed E-state index contributed by atoms with van der Waals surface area (Å²) >= 11 is 0. The van der Waals surface area contributed by atoms with E-state index in [2.05, 4.69) is 10.2 Å². The first-order valence-electron chi connectivity index (χ1n) is 7.15. The van der Waals surface area contributed by atoms with Crippen LogP contribution in [0.1, 0.15) is 11.1 Å².